The van der Waals surface area contributed by atoms with Gasteiger partial charge in [-0.2, -0.15) is 0 Å². The molecule has 1 aromatic rings. The molecule has 1 aromatic carbocycles. The third kappa shape index (κ3) is 2.66. The van der Waals surface area contributed by atoms with Gasteiger partial charge in [-0.3, -0.25) is 0 Å². The third-order valence-electron chi connectivity index (χ3n) is 2.32. The second kappa shape index (κ2) is 5.52. The summed E-state index contributed by atoms with van der Waals surface area (Å²) in [6.07, 6.45) is -0.741. The first-order valence-corrected chi connectivity index (χ1v) is 5.65. The second-order valence-electron chi connectivity index (χ2n) is 3.53. The zero-order valence-corrected chi connectivity index (χ0v) is 11.1. The quantitative estimate of drug-likeness (QED) is 0.888. The van der Waals surface area contributed by atoms with Gasteiger partial charge in [-0.1, -0.05) is 15.9 Å². The first kappa shape index (κ1) is 13.3. The first-order chi connectivity index (χ1) is 7.51. The Kier molecular flexibility index (Phi) is 4.58. The number of halogens is 1. The van der Waals surface area contributed by atoms with E-state index in [2.05, 4.69) is 15.9 Å². The molecule has 0 heterocycles. The van der Waals surface area contributed by atoms with E-state index >= 15 is 0 Å². The number of methoxy groups -OCH3 is 2. The van der Waals surface area contributed by atoms with Gasteiger partial charge >= 0.3 is 0 Å². The van der Waals surface area contributed by atoms with Gasteiger partial charge in [0.15, 0.2) is 11.5 Å². The summed E-state index contributed by atoms with van der Waals surface area (Å²) in [7, 11) is 3.11. The van der Waals surface area contributed by atoms with Crippen molar-refractivity contribution in [3.8, 4) is 11.5 Å². The Balaban J connectivity index is 3.21. The normalized spacial score (nSPS) is 14.4. The number of ether oxygens (including phenoxy) is 2. The molecule has 0 radical (unpaired) electrons. The van der Waals surface area contributed by atoms with E-state index in [0.29, 0.717) is 17.1 Å². The van der Waals surface area contributed by atoms with Crippen LogP contribution in [-0.2, 0) is 0 Å². The van der Waals surface area contributed by atoms with Gasteiger partial charge in [0.2, 0.25) is 0 Å². The number of aliphatic hydroxyl groups excluding tert-OH is 1. The van der Waals surface area contributed by atoms with Crippen LogP contribution in [0.2, 0.25) is 0 Å². The number of hydrogen-bond acceptors (Lipinski definition) is 4. The van der Waals surface area contributed by atoms with Crippen LogP contribution < -0.4 is 15.2 Å². The summed E-state index contributed by atoms with van der Waals surface area (Å²) in [4.78, 5) is 0. The molecule has 0 saturated carbocycles. The molecule has 3 N–H and O–H groups in total. The minimum absolute atomic E-state index is 0.352. The minimum Gasteiger partial charge on any atom is -0.493 e. The topological polar surface area (TPSA) is 64.7 Å². The van der Waals surface area contributed by atoms with E-state index in [0.717, 1.165) is 4.47 Å². The van der Waals surface area contributed by atoms with Crippen molar-refractivity contribution >= 4 is 15.9 Å². The fourth-order valence-corrected chi connectivity index (χ4v) is 1.94. The highest BCUT2D eigenvalue weighted by molar-refractivity contribution is 9.10. The lowest BCUT2D eigenvalue weighted by Gasteiger charge is -2.18. The van der Waals surface area contributed by atoms with E-state index in [4.69, 9.17) is 15.2 Å². The van der Waals surface area contributed by atoms with E-state index in [-0.39, 0.29) is 6.04 Å². The molecule has 0 aromatic heterocycles. The summed E-state index contributed by atoms with van der Waals surface area (Å²) in [5.41, 5.74) is 6.34. The number of hydrogen-bond donors (Lipinski definition) is 2. The molecule has 2 atom stereocenters. The van der Waals surface area contributed by atoms with Crippen molar-refractivity contribution in [2.24, 2.45) is 5.73 Å². The summed E-state index contributed by atoms with van der Waals surface area (Å²) < 4.78 is 11.1. The SMILES string of the molecule is COc1cc(Br)c(C(O)C(C)N)cc1OC. The van der Waals surface area contributed by atoms with Crippen LogP contribution in [0.3, 0.4) is 0 Å². The number of aliphatic hydroxyl groups is 1. The maximum Gasteiger partial charge on any atom is 0.161 e. The van der Waals surface area contributed by atoms with E-state index in [1.165, 1.54) is 0 Å². The lowest BCUT2D eigenvalue weighted by Crippen LogP contribution is -2.24. The van der Waals surface area contributed by atoms with E-state index in [9.17, 15) is 5.11 Å². The molecular weight excluding hydrogens is 274 g/mol. The van der Waals surface area contributed by atoms with Crippen molar-refractivity contribution < 1.29 is 14.6 Å². The van der Waals surface area contributed by atoms with Gasteiger partial charge in [0.05, 0.1) is 20.3 Å². The van der Waals surface area contributed by atoms with Crippen molar-refractivity contribution in [3.63, 3.8) is 0 Å². The monoisotopic (exact) mass is 289 g/mol. The Morgan fingerprint density at radius 1 is 1.25 bits per heavy atom. The van der Waals surface area contributed by atoms with Crippen LogP contribution >= 0.6 is 15.9 Å². The van der Waals surface area contributed by atoms with E-state index in [1.54, 1.807) is 33.3 Å². The van der Waals surface area contributed by atoms with Crippen molar-refractivity contribution in [1.82, 2.24) is 0 Å². The Labute approximate surface area is 103 Å². The summed E-state index contributed by atoms with van der Waals surface area (Å²) in [6.45, 7) is 1.74. The Morgan fingerprint density at radius 2 is 1.75 bits per heavy atom. The molecule has 0 aliphatic heterocycles. The molecule has 2 unspecified atom stereocenters. The van der Waals surface area contributed by atoms with E-state index in [1.807, 2.05) is 0 Å². The van der Waals surface area contributed by atoms with Crippen LogP contribution in [0.15, 0.2) is 16.6 Å². The predicted molar refractivity (Wildman–Crippen MR) is 65.9 cm³/mol. The molecule has 0 bridgehead atoms. The van der Waals surface area contributed by atoms with Crippen molar-refractivity contribution in [2.75, 3.05) is 14.2 Å². The maximum absolute atomic E-state index is 9.91. The molecule has 0 amide bonds. The number of rotatable bonds is 4. The van der Waals surface area contributed by atoms with Crippen LogP contribution in [0.4, 0.5) is 0 Å². The Morgan fingerprint density at radius 3 is 2.19 bits per heavy atom. The Hall–Kier alpha value is -0.780. The molecule has 4 nitrogen and oxygen atoms in total. The highest BCUT2D eigenvalue weighted by atomic mass is 79.9. The van der Waals surface area contributed by atoms with Crippen LogP contribution in [0.25, 0.3) is 0 Å². The summed E-state index contributed by atoms with van der Waals surface area (Å²) in [6, 6.07) is 3.12. The number of benzene rings is 1. The molecule has 0 aliphatic carbocycles. The summed E-state index contributed by atoms with van der Waals surface area (Å²) in [5.74, 6) is 1.18. The first-order valence-electron chi connectivity index (χ1n) is 4.86. The second-order valence-corrected chi connectivity index (χ2v) is 4.39. The third-order valence-corrected chi connectivity index (χ3v) is 3.01. The lowest BCUT2D eigenvalue weighted by molar-refractivity contribution is 0.152. The lowest BCUT2D eigenvalue weighted by atomic mass is 10.0. The van der Waals surface area contributed by atoms with Crippen LogP contribution in [0, 0.1) is 0 Å². The van der Waals surface area contributed by atoms with E-state index < -0.39 is 6.10 Å². The summed E-state index contributed by atoms with van der Waals surface area (Å²) >= 11 is 3.37. The predicted octanol–water partition coefficient (Wildman–Crippen LogP) is 1.85. The van der Waals surface area contributed by atoms with Gasteiger partial charge in [-0.25, -0.2) is 0 Å². The van der Waals surface area contributed by atoms with Gasteiger partial charge in [-0.15, -0.1) is 0 Å². The maximum atomic E-state index is 9.91. The van der Waals surface area contributed by atoms with Gasteiger partial charge in [0, 0.05) is 16.1 Å². The van der Waals surface area contributed by atoms with Gasteiger partial charge < -0.3 is 20.3 Å². The smallest absolute Gasteiger partial charge is 0.161 e. The average Bonchev–Trinajstić information content (AvgIpc) is 2.27. The van der Waals surface area contributed by atoms with Gasteiger partial charge in [0.25, 0.3) is 0 Å². The fraction of sp³-hybridized carbons (Fsp3) is 0.455. The molecule has 0 fully saturated rings. The van der Waals surface area contributed by atoms with Crippen molar-refractivity contribution in [2.45, 2.75) is 19.1 Å². The highest BCUT2D eigenvalue weighted by Gasteiger charge is 2.18. The molecule has 1 rings (SSSR count). The molecule has 0 saturated heterocycles. The molecule has 0 spiro atoms. The zero-order chi connectivity index (χ0) is 12.3. The average molecular weight is 290 g/mol. The fourth-order valence-electron chi connectivity index (χ4n) is 1.38. The van der Waals surface area contributed by atoms with Gasteiger partial charge in [0.1, 0.15) is 0 Å². The standard InChI is InChI=1S/C11H16BrNO3/c1-6(13)11(14)7-4-9(15-2)10(16-3)5-8(7)12/h4-6,11,14H,13H2,1-3H3. The van der Waals surface area contributed by atoms with Crippen molar-refractivity contribution in [1.29, 1.82) is 0 Å². The molecule has 90 valence electrons. The van der Waals surface area contributed by atoms with Crippen LogP contribution in [-0.4, -0.2) is 25.4 Å². The summed E-state index contributed by atoms with van der Waals surface area (Å²) in [5, 5.41) is 9.91. The Bertz CT molecular complexity index is 368. The molecule has 0 aliphatic rings. The zero-order valence-electron chi connectivity index (χ0n) is 9.53. The molecular formula is C11H16BrNO3. The van der Waals surface area contributed by atoms with Crippen molar-refractivity contribution in [3.05, 3.63) is 22.2 Å². The largest absolute Gasteiger partial charge is 0.493 e. The highest BCUT2D eigenvalue weighted by Crippen LogP contribution is 2.36. The van der Waals surface area contributed by atoms with Crippen LogP contribution in [0.1, 0.15) is 18.6 Å². The molecule has 5 heteroatoms. The number of nitrogens with two attached hydrogens (primary N) is 1. The van der Waals surface area contributed by atoms with Gasteiger partial charge in [-0.05, 0) is 19.1 Å². The van der Waals surface area contributed by atoms with Crippen LogP contribution in [0.5, 0.6) is 11.5 Å². The minimum atomic E-state index is -0.741. The molecule has 16 heavy (non-hydrogen) atoms.